The number of amides is 1. The molecular formula is C17H19N3O6S2. The van der Waals surface area contributed by atoms with Crippen molar-refractivity contribution in [1.82, 2.24) is 9.62 Å². The van der Waals surface area contributed by atoms with Crippen molar-refractivity contribution < 1.29 is 22.9 Å². The van der Waals surface area contributed by atoms with Crippen LogP contribution < -0.4 is 9.46 Å². The number of carbonyl (C=O) groups excluding carboxylic acids is 1. The molecule has 1 N–H and O–H groups in total. The summed E-state index contributed by atoms with van der Waals surface area (Å²) in [5.41, 5.74) is -0.108. The summed E-state index contributed by atoms with van der Waals surface area (Å²) in [7, 11) is -3.53. The van der Waals surface area contributed by atoms with Gasteiger partial charge in [0.1, 0.15) is 9.96 Å². The fraction of sp³-hybridized carbons (Fsp3) is 0.353. The topological polar surface area (TPSA) is 119 Å². The van der Waals surface area contributed by atoms with Crippen LogP contribution >= 0.6 is 11.3 Å². The Kier molecular flexibility index (Phi) is 6.27. The van der Waals surface area contributed by atoms with Crippen molar-refractivity contribution in [2.45, 2.75) is 23.1 Å². The fourth-order valence-corrected chi connectivity index (χ4v) is 5.18. The second-order valence-corrected chi connectivity index (χ2v) is 9.14. The number of carbonyl (C=O) groups is 1. The van der Waals surface area contributed by atoms with Crippen molar-refractivity contribution in [2.24, 2.45) is 0 Å². The molecule has 0 saturated carbocycles. The molecule has 9 nitrogen and oxygen atoms in total. The molecule has 1 saturated heterocycles. The summed E-state index contributed by atoms with van der Waals surface area (Å²) >= 11 is 1.16. The maximum Gasteiger partial charge on any atom is 0.273 e. The SMILES string of the molecule is O=C(COc1cccc([N+](=O)[O-])c1)N1CCC(NS(=O)(=O)c2cccs2)CC1. The Morgan fingerprint density at radius 1 is 1.29 bits per heavy atom. The summed E-state index contributed by atoms with van der Waals surface area (Å²) in [5.74, 6) is 0.00668. The number of non-ortho nitro benzene ring substituents is 1. The normalized spacial score (nSPS) is 15.4. The molecule has 0 atom stereocenters. The molecule has 0 aliphatic carbocycles. The van der Waals surface area contributed by atoms with E-state index < -0.39 is 14.9 Å². The lowest BCUT2D eigenvalue weighted by molar-refractivity contribution is -0.384. The molecule has 0 bridgehead atoms. The van der Waals surface area contributed by atoms with Crippen molar-refractivity contribution in [3.05, 3.63) is 51.9 Å². The zero-order valence-corrected chi connectivity index (χ0v) is 16.4. The van der Waals surface area contributed by atoms with Gasteiger partial charge in [-0.1, -0.05) is 12.1 Å². The van der Waals surface area contributed by atoms with Gasteiger partial charge >= 0.3 is 0 Å². The first-order valence-corrected chi connectivity index (χ1v) is 10.9. The van der Waals surface area contributed by atoms with E-state index in [4.69, 9.17) is 4.74 Å². The molecule has 1 fully saturated rings. The highest BCUT2D eigenvalue weighted by atomic mass is 32.2. The van der Waals surface area contributed by atoms with Crippen molar-refractivity contribution >= 4 is 33.0 Å². The summed E-state index contributed by atoms with van der Waals surface area (Å²) in [5, 5.41) is 12.5. The third kappa shape index (κ3) is 5.06. The summed E-state index contributed by atoms with van der Waals surface area (Å²) in [6.07, 6.45) is 1.01. The number of hydrogen-bond donors (Lipinski definition) is 1. The van der Waals surface area contributed by atoms with E-state index in [0.29, 0.717) is 25.9 Å². The van der Waals surface area contributed by atoms with E-state index in [1.807, 2.05) is 0 Å². The van der Waals surface area contributed by atoms with Crippen LogP contribution in [0.25, 0.3) is 0 Å². The minimum Gasteiger partial charge on any atom is -0.484 e. The van der Waals surface area contributed by atoms with E-state index in [0.717, 1.165) is 11.3 Å². The van der Waals surface area contributed by atoms with Gasteiger partial charge in [-0.3, -0.25) is 14.9 Å². The Labute approximate surface area is 166 Å². The number of nitro groups is 1. The molecule has 1 aromatic heterocycles. The van der Waals surface area contributed by atoms with Gasteiger partial charge in [-0.05, 0) is 30.4 Å². The zero-order valence-electron chi connectivity index (χ0n) is 14.8. The Morgan fingerprint density at radius 3 is 2.68 bits per heavy atom. The van der Waals surface area contributed by atoms with Gasteiger partial charge in [-0.15, -0.1) is 11.3 Å². The predicted octanol–water partition coefficient (Wildman–Crippen LogP) is 2.00. The highest BCUT2D eigenvalue weighted by Gasteiger charge is 2.27. The van der Waals surface area contributed by atoms with Gasteiger partial charge in [0.2, 0.25) is 10.0 Å². The van der Waals surface area contributed by atoms with Crippen molar-refractivity contribution in [2.75, 3.05) is 19.7 Å². The number of hydrogen-bond acceptors (Lipinski definition) is 7. The van der Waals surface area contributed by atoms with E-state index in [-0.39, 0.29) is 34.2 Å². The number of benzene rings is 1. The van der Waals surface area contributed by atoms with Gasteiger partial charge in [-0.25, -0.2) is 13.1 Å². The van der Waals surface area contributed by atoms with Gasteiger partial charge < -0.3 is 9.64 Å². The molecule has 3 rings (SSSR count). The Balaban J connectivity index is 1.47. The first-order chi connectivity index (χ1) is 13.3. The van der Waals surface area contributed by atoms with Crippen LogP contribution in [0.4, 0.5) is 5.69 Å². The number of rotatable bonds is 7. The van der Waals surface area contributed by atoms with Gasteiger partial charge in [-0.2, -0.15) is 0 Å². The lowest BCUT2D eigenvalue weighted by atomic mass is 10.1. The van der Waals surface area contributed by atoms with Crippen LogP contribution in [0.3, 0.4) is 0 Å². The molecule has 0 radical (unpaired) electrons. The minimum atomic E-state index is -3.53. The van der Waals surface area contributed by atoms with Crippen LogP contribution in [-0.2, 0) is 14.8 Å². The largest absolute Gasteiger partial charge is 0.484 e. The molecular weight excluding hydrogens is 406 g/mol. The number of nitrogens with one attached hydrogen (secondary N) is 1. The zero-order chi connectivity index (χ0) is 20.1. The maximum atomic E-state index is 12.3. The van der Waals surface area contributed by atoms with Gasteiger partial charge in [0.05, 0.1) is 11.0 Å². The maximum absolute atomic E-state index is 12.3. The number of piperidine rings is 1. The predicted molar refractivity (Wildman–Crippen MR) is 103 cm³/mol. The monoisotopic (exact) mass is 425 g/mol. The summed E-state index contributed by atoms with van der Waals surface area (Å²) in [6.45, 7) is 0.594. The summed E-state index contributed by atoms with van der Waals surface area (Å²) in [4.78, 5) is 24.1. The first kappa shape index (κ1) is 20.2. The molecule has 1 aliphatic rings. The molecule has 2 aromatic rings. The van der Waals surface area contributed by atoms with Crippen LogP contribution in [0.2, 0.25) is 0 Å². The molecule has 28 heavy (non-hydrogen) atoms. The molecule has 1 amide bonds. The second-order valence-electron chi connectivity index (χ2n) is 6.25. The second kappa shape index (κ2) is 8.67. The highest BCUT2D eigenvalue weighted by molar-refractivity contribution is 7.91. The van der Waals surface area contributed by atoms with Crippen LogP contribution in [0, 0.1) is 10.1 Å². The molecule has 150 valence electrons. The Bertz CT molecular complexity index is 938. The van der Waals surface area contributed by atoms with E-state index in [1.54, 1.807) is 28.5 Å². The van der Waals surface area contributed by atoms with Crippen LogP contribution in [0.1, 0.15) is 12.8 Å². The van der Waals surface area contributed by atoms with Gasteiger partial charge in [0.15, 0.2) is 6.61 Å². The van der Waals surface area contributed by atoms with Gasteiger partial charge in [0, 0.05) is 25.2 Å². The lowest BCUT2D eigenvalue weighted by Gasteiger charge is -2.32. The standard InChI is InChI=1S/C17H19N3O6S2/c21-16(12-26-15-4-1-3-14(11-15)20(22)23)19-8-6-13(7-9-19)18-28(24,25)17-5-2-10-27-17/h1-5,10-11,13,18H,6-9,12H2. The number of likely N-dealkylation sites (tertiary alicyclic amines) is 1. The molecule has 0 spiro atoms. The number of thiophene rings is 1. The third-order valence-corrected chi connectivity index (χ3v) is 7.24. The van der Waals surface area contributed by atoms with Crippen LogP contribution in [0.5, 0.6) is 5.75 Å². The highest BCUT2D eigenvalue weighted by Crippen LogP contribution is 2.20. The quantitative estimate of drug-likeness (QED) is 0.535. The Hall–Kier alpha value is -2.50. The van der Waals surface area contributed by atoms with Crippen molar-refractivity contribution in [3.63, 3.8) is 0 Å². The van der Waals surface area contributed by atoms with E-state index in [1.165, 1.54) is 18.2 Å². The first-order valence-electron chi connectivity index (χ1n) is 8.56. The van der Waals surface area contributed by atoms with E-state index in [9.17, 15) is 23.3 Å². The average molecular weight is 425 g/mol. The number of nitrogens with zero attached hydrogens (tertiary/aromatic N) is 2. The van der Waals surface area contributed by atoms with E-state index in [2.05, 4.69) is 4.72 Å². The molecule has 2 heterocycles. The number of ether oxygens (including phenoxy) is 1. The van der Waals surface area contributed by atoms with Crippen LogP contribution in [-0.4, -0.2) is 49.9 Å². The fourth-order valence-electron chi connectivity index (χ4n) is 2.86. The minimum absolute atomic E-state index is 0.108. The smallest absolute Gasteiger partial charge is 0.273 e. The van der Waals surface area contributed by atoms with Crippen molar-refractivity contribution in [1.29, 1.82) is 0 Å². The molecule has 1 aromatic carbocycles. The molecule has 1 aliphatic heterocycles. The third-order valence-electron chi connectivity index (χ3n) is 4.32. The number of nitro benzene ring substituents is 1. The Morgan fingerprint density at radius 2 is 2.04 bits per heavy atom. The number of sulfonamides is 1. The van der Waals surface area contributed by atoms with E-state index >= 15 is 0 Å². The van der Waals surface area contributed by atoms with Gasteiger partial charge in [0.25, 0.3) is 11.6 Å². The van der Waals surface area contributed by atoms with Crippen molar-refractivity contribution in [3.8, 4) is 5.75 Å². The summed E-state index contributed by atoms with van der Waals surface area (Å²) in [6, 6.07) is 8.65. The molecule has 11 heteroatoms. The summed E-state index contributed by atoms with van der Waals surface area (Å²) < 4.78 is 32.8. The average Bonchev–Trinajstić information content (AvgIpc) is 3.22. The lowest BCUT2D eigenvalue weighted by Crippen LogP contribution is -2.47. The molecule has 0 unspecified atom stereocenters. The van der Waals surface area contributed by atoms with Crippen LogP contribution in [0.15, 0.2) is 46.0 Å².